The van der Waals surface area contributed by atoms with E-state index < -0.39 is 24.5 Å². The predicted molar refractivity (Wildman–Crippen MR) is 116 cm³/mol. The lowest BCUT2D eigenvalue weighted by Gasteiger charge is -2.53. The van der Waals surface area contributed by atoms with E-state index in [0.717, 1.165) is 25.3 Å². The molecule has 2 fully saturated rings. The summed E-state index contributed by atoms with van der Waals surface area (Å²) in [5.41, 5.74) is 4.27. The lowest BCUT2D eigenvalue weighted by Crippen LogP contribution is -2.61. The van der Waals surface area contributed by atoms with Crippen LogP contribution in [0.4, 0.5) is 5.82 Å². The molecule has 2 saturated heterocycles. The first-order valence-electron chi connectivity index (χ1n) is 11.2. The quantitative estimate of drug-likeness (QED) is 0.552. The number of aliphatic hydroxyl groups is 3. The van der Waals surface area contributed by atoms with Crippen molar-refractivity contribution in [1.82, 2.24) is 19.5 Å². The molecule has 9 nitrogen and oxygen atoms in total. The van der Waals surface area contributed by atoms with Crippen LogP contribution in [-0.2, 0) is 16.6 Å². The smallest absolute Gasteiger partial charge is 0.167 e. The Kier molecular flexibility index (Phi) is 4.52. The standard InChI is InChI=1S/C23H27N5O4/c1-13-25-20(27-10-23(11-27)8-4-6-14-5-2-3-7-15(14)23)17-21(26-13)28(12-24-17)22-19(31)18(30)16(9-29)32-22/h2-3,5,7,12,16,18-19,22,29-31H,4,6,8-11H2,1H3. The van der Waals surface area contributed by atoms with Crippen molar-refractivity contribution in [2.75, 3.05) is 24.6 Å². The molecule has 3 aliphatic rings. The van der Waals surface area contributed by atoms with Gasteiger partial charge < -0.3 is 25.0 Å². The van der Waals surface area contributed by atoms with Gasteiger partial charge in [0.15, 0.2) is 23.2 Å². The average Bonchev–Trinajstić information content (AvgIpc) is 3.32. The zero-order valence-corrected chi connectivity index (χ0v) is 17.9. The average molecular weight is 438 g/mol. The minimum Gasteiger partial charge on any atom is -0.394 e. The Labute approximate surface area is 185 Å². The molecule has 1 aromatic carbocycles. The number of anilines is 1. The molecule has 9 heteroatoms. The maximum Gasteiger partial charge on any atom is 0.167 e. The fraction of sp³-hybridized carbons (Fsp3) is 0.522. The van der Waals surface area contributed by atoms with Crippen LogP contribution in [-0.4, -0.2) is 72.8 Å². The SMILES string of the molecule is Cc1nc(N2CC3(CCCc4ccccc43)C2)c2ncn(C3OC(CO)C(O)C3O)c2n1. The number of benzene rings is 1. The lowest BCUT2D eigenvalue weighted by atomic mass is 9.65. The van der Waals surface area contributed by atoms with Gasteiger partial charge in [-0.05, 0) is 37.3 Å². The summed E-state index contributed by atoms with van der Waals surface area (Å²) in [6, 6.07) is 8.76. The van der Waals surface area contributed by atoms with Gasteiger partial charge >= 0.3 is 0 Å². The number of hydrogen-bond acceptors (Lipinski definition) is 8. The Morgan fingerprint density at radius 1 is 1.16 bits per heavy atom. The molecular weight excluding hydrogens is 410 g/mol. The minimum atomic E-state index is -1.19. The normalized spacial score (nSPS) is 28.8. The van der Waals surface area contributed by atoms with Crippen LogP contribution in [0.15, 0.2) is 30.6 Å². The number of aryl methyl sites for hydroxylation is 2. The Morgan fingerprint density at radius 3 is 2.75 bits per heavy atom. The highest BCUT2D eigenvalue weighted by atomic mass is 16.6. The van der Waals surface area contributed by atoms with Gasteiger partial charge in [-0.1, -0.05) is 24.3 Å². The summed E-state index contributed by atoms with van der Waals surface area (Å²) < 4.78 is 7.32. The molecule has 4 unspecified atom stereocenters. The summed E-state index contributed by atoms with van der Waals surface area (Å²) in [6.07, 6.45) is 0.991. The van der Waals surface area contributed by atoms with E-state index in [4.69, 9.17) is 9.72 Å². The van der Waals surface area contributed by atoms with Gasteiger partial charge in [0.1, 0.15) is 24.1 Å². The van der Waals surface area contributed by atoms with Crippen molar-refractivity contribution in [3.8, 4) is 0 Å². The number of ether oxygens (including phenoxy) is 1. The van der Waals surface area contributed by atoms with Gasteiger partial charge in [0, 0.05) is 18.5 Å². The zero-order chi connectivity index (χ0) is 22.0. The van der Waals surface area contributed by atoms with E-state index in [9.17, 15) is 15.3 Å². The fourth-order valence-electron chi connectivity index (χ4n) is 5.69. The first kappa shape index (κ1) is 20.0. The lowest BCUT2D eigenvalue weighted by molar-refractivity contribution is -0.0511. The molecule has 0 bridgehead atoms. The molecule has 4 heterocycles. The van der Waals surface area contributed by atoms with Gasteiger partial charge in [0.2, 0.25) is 0 Å². The summed E-state index contributed by atoms with van der Waals surface area (Å²) in [7, 11) is 0. The van der Waals surface area contributed by atoms with Crippen LogP contribution < -0.4 is 4.90 Å². The van der Waals surface area contributed by atoms with E-state index >= 15 is 0 Å². The van der Waals surface area contributed by atoms with E-state index in [-0.39, 0.29) is 12.0 Å². The van der Waals surface area contributed by atoms with Crippen molar-refractivity contribution in [2.24, 2.45) is 0 Å². The van der Waals surface area contributed by atoms with Gasteiger partial charge in [0.25, 0.3) is 0 Å². The number of fused-ring (bicyclic) bond motifs is 3. The van der Waals surface area contributed by atoms with Crippen molar-refractivity contribution < 1.29 is 20.1 Å². The summed E-state index contributed by atoms with van der Waals surface area (Å²) in [5, 5.41) is 30.0. The highest BCUT2D eigenvalue weighted by Gasteiger charge is 2.48. The van der Waals surface area contributed by atoms with E-state index in [2.05, 4.69) is 39.1 Å². The largest absolute Gasteiger partial charge is 0.394 e. The van der Waals surface area contributed by atoms with Crippen LogP contribution in [0, 0.1) is 6.92 Å². The molecular formula is C23H27N5O4. The molecule has 3 N–H and O–H groups in total. The number of nitrogens with zero attached hydrogens (tertiary/aromatic N) is 5. The summed E-state index contributed by atoms with van der Waals surface area (Å²) >= 11 is 0. The van der Waals surface area contributed by atoms with Gasteiger partial charge in [-0.3, -0.25) is 4.57 Å². The Morgan fingerprint density at radius 2 is 1.97 bits per heavy atom. The van der Waals surface area contributed by atoms with Crippen molar-refractivity contribution >= 4 is 17.0 Å². The van der Waals surface area contributed by atoms with Gasteiger partial charge in [0.05, 0.1) is 12.9 Å². The number of rotatable bonds is 3. The summed E-state index contributed by atoms with van der Waals surface area (Å²) in [6.45, 7) is 3.23. The Balaban J connectivity index is 1.34. The molecule has 2 aromatic heterocycles. The molecule has 3 aromatic rings. The molecule has 0 amide bonds. The van der Waals surface area contributed by atoms with Crippen LogP contribution in [0.1, 0.15) is 36.0 Å². The van der Waals surface area contributed by atoms with E-state index in [1.165, 1.54) is 24.0 Å². The number of aromatic nitrogens is 4. The van der Waals surface area contributed by atoms with Crippen LogP contribution in [0.3, 0.4) is 0 Å². The third-order valence-corrected chi connectivity index (χ3v) is 7.28. The highest BCUT2D eigenvalue weighted by molar-refractivity contribution is 5.84. The number of imidazole rings is 1. The molecule has 32 heavy (non-hydrogen) atoms. The van der Waals surface area contributed by atoms with Crippen LogP contribution >= 0.6 is 0 Å². The second-order valence-corrected chi connectivity index (χ2v) is 9.29. The topological polar surface area (TPSA) is 117 Å². The highest BCUT2D eigenvalue weighted by Crippen LogP contribution is 2.46. The van der Waals surface area contributed by atoms with Crippen molar-refractivity contribution in [2.45, 2.75) is 56.1 Å². The molecule has 4 atom stereocenters. The number of hydrogen-bond donors (Lipinski definition) is 3. The monoisotopic (exact) mass is 437 g/mol. The van der Waals surface area contributed by atoms with Crippen molar-refractivity contribution in [3.05, 3.63) is 47.5 Å². The predicted octanol–water partition coefficient (Wildman–Crippen LogP) is 0.841. The molecule has 168 valence electrons. The zero-order valence-electron chi connectivity index (χ0n) is 17.9. The first-order valence-corrected chi connectivity index (χ1v) is 11.2. The van der Waals surface area contributed by atoms with E-state index in [1.54, 1.807) is 10.9 Å². The van der Waals surface area contributed by atoms with Crippen LogP contribution in [0.25, 0.3) is 11.2 Å². The van der Waals surface area contributed by atoms with Crippen LogP contribution in [0.5, 0.6) is 0 Å². The number of aliphatic hydroxyl groups excluding tert-OH is 3. The first-order chi connectivity index (χ1) is 15.5. The van der Waals surface area contributed by atoms with Gasteiger partial charge in [-0.15, -0.1) is 0 Å². The molecule has 0 saturated carbocycles. The second kappa shape index (κ2) is 7.21. The van der Waals surface area contributed by atoms with E-state index in [1.807, 2.05) is 6.92 Å². The maximum absolute atomic E-state index is 10.5. The van der Waals surface area contributed by atoms with Crippen LogP contribution in [0.2, 0.25) is 0 Å². The second-order valence-electron chi connectivity index (χ2n) is 9.29. The molecule has 1 spiro atoms. The summed E-state index contributed by atoms with van der Waals surface area (Å²) in [4.78, 5) is 16.1. The summed E-state index contributed by atoms with van der Waals surface area (Å²) in [5.74, 6) is 1.39. The van der Waals surface area contributed by atoms with Gasteiger partial charge in [-0.25, -0.2) is 15.0 Å². The van der Waals surface area contributed by atoms with Gasteiger partial charge in [-0.2, -0.15) is 0 Å². The Hall–Kier alpha value is -2.59. The maximum atomic E-state index is 10.5. The molecule has 1 aliphatic carbocycles. The molecule has 6 rings (SSSR count). The Bertz CT molecular complexity index is 1170. The third-order valence-electron chi connectivity index (χ3n) is 7.28. The van der Waals surface area contributed by atoms with Crippen molar-refractivity contribution in [3.63, 3.8) is 0 Å². The minimum absolute atomic E-state index is 0.159. The molecule has 0 radical (unpaired) electrons. The fourth-order valence-corrected chi connectivity index (χ4v) is 5.69. The third kappa shape index (κ3) is 2.82. The van der Waals surface area contributed by atoms with E-state index in [0.29, 0.717) is 17.0 Å². The molecule has 2 aliphatic heterocycles. The van der Waals surface area contributed by atoms with Crippen molar-refractivity contribution in [1.29, 1.82) is 0 Å².